The molecule has 0 aliphatic carbocycles. The molecule has 2 heterocycles. The van der Waals surface area contributed by atoms with Crippen LogP contribution in [0.2, 0.25) is 0 Å². The van der Waals surface area contributed by atoms with Crippen LogP contribution in [0.25, 0.3) is 0 Å². The number of allylic oxidation sites excluding steroid dienone is 1. The van der Waals surface area contributed by atoms with Crippen molar-refractivity contribution in [1.29, 1.82) is 0 Å². The summed E-state index contributed by atoms with van der Waals surface area (Å²) < 4.78 is 11.6. The van der Waals surface area contributed by atoms with Crippen molar-refractivity contribution in [2.45, 2.75) is 19.9 Å². The van der Waals surface area contributed by atoms with Crippen molar-refractivity contribution < 1.29 is 9.47 Å². The number of anilines is 1. The molecule has 0 amide bonds. The van der Waals surface area contributed by atoms with Crippen LogP contribution in [0.3, 0.4) is 0 Å². The van der Waals surface area contributed by atoms with E-state index in [4.69, 9.17) is 9.47 Å². The molecule has 0 N–H and O–H groups in total. The van der Waals surface area contributed by atoms with Crippen LogP contribution in [0.15, 0.2) is 48.7 Å². The van der Waals surface area contributed by atoms with Gasteiger partial charge in [0, 0.05) is 5.69 Å². The fraction of sp³-hybridized carbons (Fsp3) is 0.222. The van der Waals surface area contributed by atoms with Gasteiger partial charge in [-0.05, 0) is 43.2 Å². The summed E-state index contributed by atoms with van der Waals surface area (Å²) in [4.78, 5) is 2.23. The second kappa shape index (κ2) is 4.85. The van der Waals surface area contributed by atoms with Crippen molar-refractivity contribution in [2.75, 3.05) is 11.6 Å². The van der Waals surface area contributed by atoms with E-state index in [0.29, 0.717) is 6.73 Å². The standard InChI is InChI=1S/C18H17NO2/c1-13-4-7-15(8-5-13)19-11-16-17(21-12-19)9-6-14-3-2-10-20-18(14)16/h2,4-10H,3,11-12H2,1H3. The molecule has 2 aromatic carbocycles. The lowest BCUT2D eigenvalue weighted by molar-refractivity contribution is 0.284. The van der Waals surface area contributed by atoms with Crippen LogP contribution >= 0.6 is 0 Å². The number of aryl methyl sites for hydroxylation is 1. The molecule has 2 aliphatic heterocycles. The number of fused-ring (bicyclic) bond motifs is 3. The smallest absolute Gasteiger partial charge is 0.161 e. The first kappa shape index (κ1) is 12.3. The Labute approximate surface area is 124 Å². The Hall–Kier alpha value is -2.42. The van der Waals surface area contributed by atoms with Crippen LogP contribution < -0.4 is 14.4 Å². The van der Waals surface area contributed by atoms with Crippen LogP contribution in [0.1, 0.15) is 16.7 Å². The average molecular weight is 279 g/mol. The lowest BCUT2D eigenvalue weighted by atomic mass is 10.0. The molecule has 3 nitrogen and oxygen atoms in total. The van der Waals surface area contributed by atoms with Crippen LogP contribution in [-0.4, -0.2) is 6.73 Å². The third-order valence-corrected chi connectivity index (χ3v) is 4.04. The van der Waals surface area contributed by atoms with Crippen LogP contribution in [0.5, 0.6) is 11.5 Å². The maximum absolute atomic E-state index is 5.91. The molecule has 0 radical (unpaired) electrons. The monoisotopic (exact) mass is 279 g/mol. The van der Waals surface area contributed by atoms with Gasteiger partial charge in [0.15, 0.2) is 6.73 Å². The van der Waals surface area contributed by atoms with E-state index in [0.717, 1.165) is 30.0 Å². The minimum absolute atomic E-state index is 0.574. The van der Waals surface area contributed by atoms with E-state index in [-0.39, 0.29) is 0 Å². The number of hydrogen-bond acceptors (Lipinski definition) is 3. The highest BCUT2D eigenvalue weighted by molar-refractivity contribution is 5.57. The second-order valence-corrected chi connectivity index (χ2v) is 5.53. The first-order chi connectivity index (χ1) is 10.3. The molecule has 0 unspecified atom stereocenters. The molecule has 0 aromatic heterocycles. The van der Waals surface area contributed by atoms with Crippen LogP contribution in [0.4, 0.5) is 5.69 Å². The van der Waals surface area contributed by atoms with E-state index in [1.165, 1.54) is 16.8 Å². The number of hydrogen-bond donors (Lipinski definition) is 0. The maximum Gasteiger partial charge on any atom is 0.161 e. The first-order valence-electron chi connectivity index (χ1n) is 7.22. The Kier molecular flexibility index (Phi) is 2.85. The van der Waals surface area contributed by atoms with E-state index in [2.05, 4.69) is 48.2 Å². The van der Waals surface area contributed by atoms with Crippen LogP contribution in [-0.2, 0) is 13.0 Å². The Morgan fingerprint density at radius 2 is 1.90 bits per heavy atom. The summed E-state index contributed by atoms with van der Waals surface area (Å²) in [5, 5.41) is 0. The molecule has 0 bridgehead atoms. The summed E-state index contributed by atoms with van der Waals surface area (Å²) in [6.45, 7) is 3.49. The quantitative estimate of drug-likeness (QED) is 0.792. The minimum Gasteiger partial charge on any atom is -0.473 e. The van der Waals surface area contributed by atoms with Gasteiger partial charge < -0.3 is 14.4 Å². The molecule has 2 aliphatic rings. The summed E-state index contributed by atoms with van der Waals surface area (Å²) in [6, 6.07) is 12.7. The molecule has 21 heavy (non-hydrogen) atoms. The summed E-state index contributed by atoms with van der Waals surface area (Å²) in [6.07, 6.45) is 4.73. The van der Waals surface area contributed by atoms with Crippen molar-refractivity contribution in [3.63, 3.8) is 0 Å². The zero-order valence-corrected chi connectivity index (χ0v) is 12.0. The largest absolute Gasteiger partial charge is 0.473 e. The van der Waals surface area contributed by atoms with Gasteiger partial charge in [-0.25, -0.2) is 0 Å². The van der Waals surface area contributed by atoms with Crippen molar-refractivity contribution in [3.05, 3.63) is 65.4 Å². The SMILES string of the molecule is Cc1ccc(N2COc3ccc4c(c3C2)OC=CC4)cc1. The zero-order chi connectivity index (χ0) is 14.2. The highest BCUT2D eigenvalue weighted by Crippen LogP contribution is 2.38. The predicted octanol–water partition coefficient (Wildman–Crippen LogP) is 3.80. The zero-order valence-electron chi connectivity index (χ0n) is 12.0. The van der Waals surface area contributed by atoms with Gasteiger partial charge in [0.2, 0.25) is 0 Å². The molecular weight excluding hydrogens is 262 g/mol. The minimum atomic E-state index is 0.574. The van der Waals surface area contributed by atoms with Gasteiger partial charge in [0.25, 0.3) is 0 Å². The topological polar surface area (TPSA) is 21.7 Å². The molecule has 2 aromatic rings. The van der Waals surface area contributed by atoms with Crippen molar-refractivity contribution in [3.8, 4) is 11.5 Å². The van der Waals surface area contributed by atoms with E-state index >= 15 is 0 Å². The van der Waals surface area contributed by atoms with Crippen LogP contribution in [0, 0.1) is 6.92 Å². The fourth-order valence-corrected chi connectivity index (χ4v) is 2.85. The fourth-order valence-electron chi connectivity index (χ4n) is 2.85. The van der Waals surface area contributed by atoms with E-state index in [1.807, 2.05) is 6.08 Å². The molecule has 106 valence electrons. The number of benzene rings is 2. The van der Waals surface area contributed by atoms with Gasteiger partial charge in [-0.3, -0.25) is 0 Å². The molecule has 4 rings (SSSR count). The summed E-state index contributed by atoms with van der Waals surface area (Å²) in [5.41, 5.74) is 4.81. The number of nitrogens with zero attached hydrogens (tertiary/aromatic N) is 1. The third kappa shape index (κ3) is 2.15. The molecule has 3 heteroatoms. The summed E-state index contributed by atoms with van der Waals surface area (Å²) >= 11 is 0. The van der Waals surface area contributed by atoms with E-state index < -0.39 is 0 Å². The lowest BCUT2D eigenvalue weighted by Crippen LogP contribution is -2.32. The van der Waals surface area contributed by atoms with E-state index in [1.54, 1.807) is 6.26 Å². The second-order valence-electron chi connectivity index (χ2n) is 5.53. The van der Waals surface area contributed by atoms with Gasteiger partial charge in [0.1, 0.15) is 11.5 Å². The first-order valence-corrected chi connectivity index (χ1v) is 7.22. The molecule has 0 spiro atoms. The molecular formula is C18H17NO2. The molecule has 0 saturated heterocycles. The average Bonchev–Trinajstić information content (AvgIpc) is 2.55. The van der Waals surface area contributed by atoms with Gasteiger partial charge in [-0.15, -0.1) is 0 Å². The summed E-state index contributed by atoms with van der Waals surface area (Å²) in [7, 11) is 0. The van der Waals surface area contributed by atoms with Crippen molar-refractivity contribution in [1.82, 2.24) is 0 Å². The maximum atomic E-state index is 5.91. The Morgan fingerprint density at radius 1 is 1.05 bits per heavy atom. The van der Waals surface area contributed by atoms with E-state index in [9.17, 15) is 0 Å². The Balaban J connectivity index is 1.69. The number of rotatable bonds is 1. The Bertz CT molecular complexity index is 704. The van der Waals surface area contributed by atoms with Gasteiger partial charge in [-0.2, -0.15) is 0 Å². The molecule has 0 atom stereocenters. The molecule has 0 fully saturated rings. The van der Waals surface area contributed by atoms with Crippen molar-refractivity contribution in [2.24, 2.45) is 0 Å². The lowest BCUT2D eigenvalue weighted by Gasteiger charge is -2.32. The predicted molar refractivity (Wildman–Crippen MR) is 82.8 cm³/mol. The molecule has 0 saturated carbocycles. The Morgan fingerprint density at radius 3 is 2.76 bits per heavy atom. The highest BCUT2D eigenvalue weighted by Gasteiger charge is 2.24. The third-order valence-electron chi connectivity index (χ3n) is 4.04. The number of ether oxygens (including phenoxy) is 2. The highest BCUT2D eigenvalue weighted by atomic mass is 16.5. The normalized spacial score (nSPS) is 15.8. The van der Waals surface area contributed by atoms with Gasteiger partial charge >= 0.3 is 0 Å². The summed E-state index contributed by atoms with van der Waals surface area (Å²) in [5.74, 6) is 1.90. The van der Waals surface area contributed by atoms with Crippen molar-refractivity contribution >= 4 is 5.69 Å². The van der Waals surface area contributed by atoms with Gasteiger partial charge in [0.05, 0.1) is 18.4 Å². The van der Waals surface area contributed by atoms with Gasteiger partial charge in [-0.1, -0.05) is 23.8 Å².